The largest absolute Gasteiger partial charge is 0.493 e. The molecule has 0 aromatic heterocycles. The zero-order chi connectivity index (χ0) is 13.0. The van der Waals surface area contributed by atoms with Crippen molar-refractivity contribution in [2.45, 2.75) is 0 Å². The Hall–Kier alpha value is -1.56. The Morgan fingerprint density at radius 3 is 1.00 bits per heavy atom. The van der Waals surface area contributed by atoms with E-state index in [1.807, 2.05) is 0 Å². The predicted molar refractivity (Wildman–Crippen MR) is 68.8 cm³/mol. The second kappa shape index (κ2) is 5.67. The van der Waals surface area contributed by atoms with Crippen molar-refractivity contribution in [1.82, 2.24) is 0 Å². The molecule has 0 radical (unpaired) electrons. The second-order valence-electron chi connectivity index (χ2n) is 3.29. The molecular formula is C11H18O5Si. The summed E-state index contributed by atoms with van der Waals surface area (Å²) < 4.78 is 26.6. The van der Waals surface area contributed by atoms with Gasteiger partial charge in [0.05, 0.1) is 35.5 Å². The predicted octanol–water partition coefficient (Wildman–Crippen LogP) is -0.280. The summed E-state index contributed by atoms with van der Waals surface area (Å²) in [4.78, 5) is 0. The lowest BCUT2D eigenvalue weighted by Crippen LogP contribution is -2.15. The fraction of sp³-hybridized carbons (Fsp3) is 0.455. The van der Waals surface area contributed by atoms with Gasteiger partial charge in [-0.05, 0) is 0 Å². The van der Waals surface area contributed by atoms with Gasteiger partial charge in [0.1, 0.15) is 0 Å². The van der Waals surface area contributed by atoms with Crippen LogP contribution in [0.5, 0.6) is 28.7 Å². The van der Waals surface area contributed by atoms with Crippen molar-refractivity contribution in [1.29, 1.82) is 0 Å². The smallest absolute Gasteiger partial charge is 0.211 e. The molecule has 0 aliphatic rings. The van der Waals surface area contributed by atoms with Gasteiger partial charge in [-0.3, -0.25) is 0 Å². The summed E-state index contributed by atoms with van der Waals surface area (Å²) in [6.45, 7) is 0. The molecule has 0 saturated heterocycles. The molecule has 0 atom stereocenters. The molecule has 96 valence electrons. The molecular weight excluding hydrogens is 240 g/mol. The Morgan fingerprint density at radius 2 is 0.765 bits per heavy atom. The van der Waals surface area contributed by atoms with Crippen LogP contribution in [-0.4, -0.2) is 45.8 Å². The molecule has 0 spiro atoms. The second-order valence-corrected chi connectivity index (χ2v) is 4.29. The molecule has 1 aromatic rings. The highest BCUT2D eigenvalue weighted by Crippen LogP contribution is 2.47. The van der Waals surface area contributed by atoms with Gasteiger partial charge in [-0.15, -0.1) is 0 Å². The van der Waals surface area contributed by atoms with Crippen molar-refractivity contribution in [3.63, 3.8) is 0 Å². The van der Waals surface area contributed by atoms with Gasteiger partial charge in [-0.1, -0.05) is 0 Å². The van der Waals surface area contributed by atoms with Crippen molar-refractivity contribution in [2.24, 2.45) is 0 Å². The van der Waals surface area contributed by atoms with Gasteiger partial charge in [0.25, 0.3) is 0 Å². The van der Waals surface area contributed by atoms with Gasteiger partial charge >= 0.3 is 0 Å². The lowest BCUT2D eigenvalue weighted by Gasteiger charge is -2.20. The van der Waals surface area contributed by atoms with Crippen LogP contribution in [0.2, 0.25) is 0 Å². The molecule has 6 heteroatoms. The fourth-order valence-electron chi connectivity index (χ4n) is 1.80. The third kappa shape index (κ3) is 2.12. The first-order valence-corrected chi connectivity index (χ1v) is 6.06. The SMILES string of the molecule is COc1c([SiH3])c(OC)c(OC)c(OC)c1OC. The monoisotopic (exact) mass is 258 g/mol. The zero-order valence-corrected chi connectivity index (χ0v) is 13.0. The van der Waals surface area contributed by atoms with Crippen molar-refractivity contribution in [3.05, 3.63) is 0 Å². The molecule has 0 N–H and O–H groups in total. The fourth-order valence-corrected chi connectivity index (χ4v) is 2.66. The summed E-state index contributed by atoms with van der Waals surface area (Å²) in [6.07, 6.45) is 0. The van der Waals surface area contributed by atoms with E-state index in [-0.39, 0.29) is 0 Å². The van der Waals surface area contributed by atoms with Gasteiger partial charge in [-0.25, -0.2) is 0 Å². The summed E-state index contributed by atoms with van der Waals surface area (Å²) in [5, 5.41) is 0.935. The highest BCUT2D eigenvalue weighted by Gasteiger charge is 2.25. The number of hydrogen-bond acceptors (Lipinski definition) is 5. The Labute approximate surface area is 104 Å². The number of hydrogen-bond donors (Lipinski definition) is 0. The van der Waals surface area contributed by atoms with Crippen LogP contribution < -0.4 is 28.9 Å². The van der Waals surface area contributed by atoms with Crippen LogP contribution >= 0.6 is 0 Å². The summed E-state index contributed by atoms with van der Waals surface area (Å²) in [5.74, 6) is 2.79. The van der Waals surface area contributed by atoms with E-state index >= 15 is 0 Å². The van der Waals surface area contributed by atoms with E-state index in [0.717, 1.165) is 15.4 Å². The first-order chi connectivity index (χ1) is 8.15. The normalized spacial score (nSPS) is 9.94. The maximum atomic E-state index is 5.35. The topological polar surface area (TPSA) is 46.2 Å². The number of ether oxygens (including phenoxy) is 5. The van der Waals surface area contributed by atoms with Gasteiger partial charge in [0.15, 0.2) is 11.5 Å². The third-order valence-corrected chi connectivity index (χ3v) is 3.43. The average molecular weight is 258 g/mol. The number of methoxy groups -OCH3 is 5. The van der Waals surface area contributed by atoms with Crippen LogP contribution in [-0.2, 0) is 0 Å². The van der Waals surface area contributed by atoms with Crippen LogP contribution in [0.25, 0.3) is 0 Å². The Morgan fingerprint density at radius 1 is 0.529 bits per heavy atom. The molecule has 0 aliphatic heterocycles. The first-order valence-electron chi connectivity index (χ1n) is 5.06. The van der Waals surface area contributed by atoms with Gasteiger partial charge in [0.2, 0.25) is 17.2 Å². The minimum atomic E-state index is 0.475. The van der Waals surface area contributed by atoms with Gasteiger partial charge < -0.3 is 23.7 Å². The molecule has 5 nitrogen and oxygen atoms in total. The lowest BCUT2D eigenvalue weighted by atomic mass is 10.2. The molecule has 0 aliphatic carbocycles. The Balaban J connectivity index is 3.66. The van der Waals surface area contributed by atoms with E-state index in [1.54, 1.807) is 35.5 Å². The molecule has 0 fully saturated rings. The van der Waals surface area contributed by atoms with E-state index in [1.165, 1.54) is 0 Å². The molecule has 0 amide bonds. The molecule has 0 heterocycles. The Bertz CT molecular complexity index is 372. The molecule has 1 rings (SSSR count). The maximum Gasteiger partial charge on any atom is 0.211 e. The lowest BCUT2D eigenvalue weighted by molar-refractivity contribution is 0.293. The quantitative estimate of drug-likeness (QED) is 0.680. The summed E-state index contributed by atoms with van der Waals surface area (Å²) in [6, 6.07) is 0. The van der Waals surface area contributed by atoms with E-state index < -0.39 is 0 Å². The molecule has 0 bridgehead atoms. The first kappa shape index (κ1) is 13.5. The van der Waals surface area contributed by atoms with Crippen molar-refractivity contribution >= 4 is 15.4 Å². The van der Waals surface area contributed by atoms with E-state index in [0.29, 0.717) is 28.7 Å². The number of benzene rings is 1. The van der Waals surface area contributed by atoms with E-state index in [4.69, 9.17) is 23.7 Å². The molecule has 0 saturated carbocycles. The van der Waals surface area contributed by atoms with Gasteiger partial charge in [0, 0.05) is 15.4 Å². The van der Waals surface area contributed by atoms with Crippen LogP contribution in [0.1, 0.15) is 0 Å². The van der Waals surface area contributed by atoms with Crippen LogP contribution in [0.4, 0.5) is 0 Å². The highest BCUT2D eigenvalue weighted by molar-refractivity contribution is 6.37. The zero-order valence-electron chi connectivity index (χ0n) is 11.0. The van der Waals surface area contributed by atoms with Crippen LogP contribution in [0.15, 0.2) is 0 Å². The molecule has 17 heavy (non-hydrogen) atoms. The molecule has 0 unspecified atom stereocenters. The summed E-state index contributed by atoms with van der Waals surface area (Å²) in [5.41, 5.74) is 0. The van der Waals surface area contributed by atoms with Crippen LogP contribution in [0.3, 0.4) is 0 Å². The molecule has 1 aromatic carbocycles. The minimum absolute atomic E-state index is 0.475. The standard InChI is InChI=1S/C11H18O5Si/c1-12-6-7(13-2)9(15-4)11(17)10(16-5)8(6)14-3/h1-5,17H3. The number of rotatable bonds is 5. The van der Waals surface area contributed by atoms with E-state index in [9.17, 15) is 0 Å². The minimum Gasteiger partial charge on any atom is -0.493 e. The Kier molecular flexibility index (Phi) is 4.50. The summed E-state index contributed by atoms with van der Waals surface area (Å²) >= 11 is 0. The van der Waals surface area contributed by atoms with E-state index in [2.05, 4.69) is 0 Å². The van der Waals surface area contributed by atoms with Crippen molar-refractivity contribution in [2.75, 3.05) is 35.5 Å². The summed E-state index contributed by atoms with van der Waals surface area (Å²) in [7, 11) is 8.59. The maximum absolute atomic E-state index is 5.35. The van der Waals surface area contributed by atoms with Gasteiger partial charge in [-0.2, -0.15) is 0 Å². The average Bonchev–Trinajstić information content (AvgIpc) is 2.36. The van der Waals surface area contributed by atoms with Crippen molar-refractivity contribution < 1.29 is 23.7 Å². The van der Waals surface area contributed by atoms with Crippen molar-refractivity contribution in [3.8, 4) is 28.7 Å². The van der Waals surface area contributed by atoms with Crippen LogP contribution in [0, 0.1) is 0 Å². The highest BCUT2D eigenvalue weighted by atomic mass is 28.1. The third-order valence-electron chi connectivity index (χ3n) is 2.53.